The highest BCUT2D eigenvalue weighted by molar-refractivity contribution is 7.18. The Bertz CT molecular complexity index is 460. The molecule has 1 aromatic rings. The predicted octanol–water partition coefficient (Wildman–Crippen LogP) is 1.93. The molecule has 0 bridgehead atoms. The normalized spacial score (nSPS) is 12.7. The van der Waals surface area contributed by atoms with E-state index in [-0.39, 0.29) is 30.3 Å². The van der Waals surface area contributed by atoms with E-state index in [1.165, 1.54) is 11.3 Å². The lowest BCUT2D eigenvalue weighted by atomic mass is 10.0. The number of nitrogens with one attached hydrogen (secondary N) is 2. The summed E-state index contributed by atoms with van der Waals surface area (Å²) in [7, 11) is 0. The number of anilines is 2. The van der Waals surface area contributed by atoms with Crippen LogP contribution in [0.2, 0.25) is 0 Å². The van der Waals surface area contributed by atoms with E-state index in [2.05, 4.69) is 29.5 Å². The molecule has 0 aliphatic heterocycles. The van der Waals surface area contributed by atoms with E-state index in [9.17, 15) is 4.79 Å². The monoisotopic (exact) mass is 314 g/mol. The zero-order valence-electron chi connectivity index (χ0n) is 13.1. The first-order chi connectivity index (χ1) is 9.85. The summed E-state index contributed by atoms with van der Waals surface area (Å²) in [4.78, 5) is 16.9. The minimum absolute atomic E-state index is 0.0441. The summed E-state index contributed by atoms with van der Waals surface area (Å²) in [5.41, 5.74) is 5.82. The summed E-state index contributed by atoms with van der Waals surface area (Å²) >= 11 is 1.26. The molecule has 1 atom stereocenters. The van der Waals surface area contributed by atoms with Gasteiger partial charge in [-0.25, -0.2) is 4.98 Å². The Morgan fingerprint density at radius 3 is 2.57 bits per heavy atom. The van der Waals surface area contributed by atoms with Crippen LogP contribution in [-0.2, 0) is 0 Å². The fourth-order valence-corrected chi connectivity index (χ4v) is 2.60. The van der Waals surface area contributed by atoms with Gasteiger partial charge in [0.25, 0.3) is 5.91 Å². The molecule has 0 aromatic carbocycles. The maximum atomic E-state index is 12.3. The average Bonchev–Trinajstić information content (AvgIpc) is 2.77. The molecular weight excluding hydrogens is 288 g/mol. The maximum Gasteiger partial charge on any atom is 0.265 e. The van der Waals surface area contributed by atoms with Gasteiger partial charge in [-0.3, -0.25) is 4.79 Å². The number of rotatable bonds is 8. The second-order valence-corrected chi connectivity index (χ2v) is 6.84. The van der Waals surface area contributed by atoms with Gasteiger partial charge in [0.05, 0.1) is 0 Å². The van der Waals surface area contributed by atoms with Gasteiger partial charge >= 0.3 is 0 Å². The van der Waals surface area contributed by atoms with Gasteiger partial charge in [0, 0.05) is 19.2 Å². The van der Waals surface area contributed by atoms with Gasteiger partial charge in [-0.15, -0.1) is 0 Å². The lowest BCUT2D eigenvalue weighted by Gasteiger charge is -2.21. The largest absolute Gasteiger partial charge is 0.396 e. The number of aromatic nitrogens is 1. The first-order valence-corrected chi connectivity index (χ1v) is 8.08. The van der Waals surface area contributed by atoms with Gasteiger partial charge in [-0.1, -0.05) is 39.0 Å². The van der Waals surface area contributed by atoms with Crippen LogP contribution in [0, 0.1) is 11.8 Å². The Balaban J connectivity index is 2.73. The number of nitrogens with zero attached hydrogens (tertiary/aromatic N) is 1. The summed E-state index contributed by atoms with van der Waals surface area (Å²) in [6, 6.07) is -0.0731. The van der Waals surface area contributed by atoms with Crippen LogP contribution in [-0.4, -0.2) is 35.2 Å². The molecule has 0 aliphatic rings. The number of aliphatic hydroxyl groups excluding tert-OH is 1. The number of carbonyl (C=O) groups excluding carboxylic acids is 1. The van der Waals surface area contributed by atoms with Crippen LogP contribution in [0.25, 0.3) is 0 Å². The minimum Gasteiger partial charge on any atom is -0.396 e. The molecule has 120 valence electrons. The Morgan fingerprint density at radius 1 is 1.38 bits per heavy atom. The van der Waals surface area contributed by atoms with Crippen molar-refractivity contribution >= 4 is 28.2 Å². The van der Waals surface area contributed by atoms with E-state index in [1.54, 1.807) is 0 Å². The van der Waals surface area contributed by atoms with Gasteiger partial charge in [0.15, 0.2) is 5.13 Å². The molecule has 0 aliphatic carbocycles. The molecule has 0 fully saturated rings. The van der Waals surface area contributed by atoms with Crippen LogP contribution in [0.4, 0.5) is 10.9 Å². The van der Waals surface area contributed by atoms with Crippen molar-refractivity contribution in [3.05, 3.63) is 4.88 Å². The van der Waals surface area contributed by atoms with Crippen molar-refractivity contribution in [3.63, 3.8) is 0 Å². The minimum atomic E-state index is -0.227. The highest BCUT2D eigenvalue weighted by Crippen LogP contribution is 2.25. The second-order valence-electron chi connectivity index (χ2n) is 5.84. The molecule has 0 spiro atoms. The van der Waals surface area contributed by atoms with Crippen molar-refractivity contribution in [3.8, 4) is 0 Å². The van der Waals surface area contributed by atoms with Crippen molar-refractivity contribution in [2.45, 2.75) is 40.2 Å². The van der Waals surface area contributed by atoms with Crippen LogP contribution >= 0.6 is 11.3 Å². The molecule has 0 saturated carbocycles. The third-order valence-corrected chi connectivity index (χ3v) is 4.11. The topological polar surface area (TPSA) is 100 Å². The summed E-state index contributed by atoms with van der Waals surface area (Å²) in [5.74, 6) is 0.751. The Morgan fingerprint density at radius 2 is 2.05 bits per heavy atom. The van der Waals surface area contributed by atoms with Crippen LogP contribution in [0.1, 0.15) is 43.8 Å². The van der Waals surface area contributed by atoms with Gasteiger partial charge < -0.3 is 21.5 Å². The average molecular weight is 314 g/mol. The Hall–Kier alpha value is -1.34. The molecule has 5 N–H and O–H groups in total. The Kier molecular flexibility index (Phi) is 6.91. The molecule has 1 aromatic heterocycles. The molecule has 7 heteroatoms. The molecule has 1 rings (SSSR count). The first kappa shape index (κ1) is 17.7. The van der Waals surface area contributed by atoms with Crippen LogP contribution in [0.3, 0.4) is 0 Å². The van der Waals surface area contributed by atoms with Crippen molar-refractivity contribution in [1.82, 2.24) is 10.3 Å². The number of thiazole rings is 1. The molecule has 0 saturated heterocycles. The zero-order chi connectivity index (χ0) is 16.0. The van der Waals surface area contributed by atoms with Crippen molar-refractivity contribution in [1.29, 1.82) is 0 Å². The van der Waals surface area contributed by atoms with Gasteiger partial charge in [-0.05, 0) is 18.3 Å². The van der Waals surface area contributed by atoms with E-state index >= 15 is 0 Å². The van der Waals surface area contributed by atoms with Crippen LogP contribution in [0.5, 0.6) is 0 Å². The zero-order valence-corrected chi connectivity index (χ0v) is 14.0. The third-order valence-electron chi connectivity index (χ3n) is 3.08. The lowest BCUT2D eigenvalue weighted by Crippen LogP contribution is -2.39. The summed E-state index contributed by atoms with van der Waals surface area (Å²) in [5, 5.41) is 15.8. The van der Waals surface area contributed by atoms with Gasteiger partial charge in [-0.2, -0.15) is 0 Å². The predicted molar refractivity (Wildman–Crippen MR) is 87.6 cm³/mol. The fourth-order valence-electron chi connectivity index (χ4n) is 1.81. The van der Waals surface area contributed by atoms with Crippen molar-refractivity contribution in [2.24, 2.45) is 11.8 Å². The number of nitrogen functional groups attached to an aromatic ring is 1. The van der Waals surface area contributed by atoms with Crippen LogP contribution < -0.4 is 16.4 Å². The molecule has 6 nitrogen and oxygen atoms in total. The first-order valence-electron chi connectivity index (χ1n) is 7.27. The number of hydrogen-bond acceptors (Lipinski definition) is 6. The van der Waals surface area contributed by atoms with E-state index in [0.29, 0.717) is 22.3 Å². The fraction of sp³-hybridized carbons (Fsp3) is 0.714. The molecule has 1 heterocycles. The van der Waals surface area contributed by atoms with Crippen molar-refractivity contribution in [2.75, 3.05) is 24.2 Å². The number of nitrogens with two attached hydrogens (primary N) is 1. The number of hydrogen-bond donors (Lipinski definition) is 4. The third kappa shape index (κ3) is 5.51. The van der Waals surface area contributed by atoms with Crippen LogP contribution in [0.15, 0.2) is 0 Å². The van der Waals surface area contributed by atoms with Gasteiger partial charge in [0.2, 0.25) is 0 Å². The number of carbonyl (C=O) groups is 1. The highest BCUT2D eigenvalue weighted by atomic mass is 32.1. The SMILES string of the molecule is CC(C)CNc1nc(N)c(C(=O)NC(CCO)C(C)C)s1. The smallest absolute Gasteiger partial charge is 0.265 e. The maximum absolute atomic E-state index is 12.3. The van der Waals surface area contributed by atoms with E-state index < -0.39 is 0 Å². The molecule has 21 heavy (non-hydrogen) atoms. The lowest BCUT2D eigenvalue weighted by molar-refractivity contribution is 0.0921. The summed E-state index contributed by atoms with van der Waals surface area (Å²) < 4.78 is 0. The Labute approximate surface area is 130 Å². The van der Waals surface area contributed by atoms with E-state index in [1.807, 2.05) is 13.8 Å². The molecule has 0 radical (unpaired) electrons. The molecule has 1 unspecified atom stereocenters. The summed E-state index contributed by atoms with van der Waals surface area (Å²) in [6.07, 6.45) is 0.528. The number of aliphatic hydroxyl groups is 1. The standard InChI is InChI=1S/C14H26N4O2S/c1-8(2)7-16-14-18-12(15)11(21-14)13(20)17-10(5-6-19)9(3)4/h8-10,19H,5-7,15H2,1-4H3,(H,16,18)(H,17,20). The molecule has 1 amide bonds. The van der Waals surface area contributed by atoms with E-state index in [4.69, 9.17) is 10.8 Å². The van der Waals surface area contributed by atoms with E-state index in [0.717, 1.165) is 6.54 Å². The van der Waals surface area contributed by atoms with Gasteiger partial charge in [0.1, 0.15) is 10.7 Å². The second kappa shape index (κ2) is 8.19. The van der Waals surface area contributed by atoms with Crippen molar-refractivity contribution < 1.29 is 9.90 Å². The molecular formula is C14H26N4O2S. The quantitative estimate of drug-likeness (QED) is 0.587. The highest BCUT2D eigenvalue weighted by Gasteiger charge is 2.21. The summed E-state index contributed by atoms with van der Waals surface area (Å²) in [6.45, 7) is 9.04. The number of amides is 1.